The van der Waals surface area contributed by atoms with Gasteiger partial charge in [-0.1, -0.05) is 30.9 Å². The zero-order valence-electron chi connectivity index (χ0n) is 18.9. The van der Waals surface area contributed by atoms with Gasteiger partial charge in [0.05, 0.1) is 5.02 Å². The van der Waals surface area contributed by atoms with Crippen LogP contribution in [0.5, 0.6) is 0 Å². The smallest absolute Gasteiger partial charge is 0.240 e. The lowest BCUT2D eigenvalue weighted by molar-refractivity contribution is -0.123. The van der Waals surface area contributed by atoms with Crippen molar-refractivity contribution in [3.05, 3.63) is 59.1 Å². The number of benzene rings is 2. The van der Waals surface area contributed by atoms with E-state index in [0.717, 1.165) is 43.1 Å². The van der Waals surface area contributed by atoms with Crippen molar-refractivity contribution in [2.75, 3.05) is 28.3 Å². The van der Waals surface area contributed by atoms with Gasteiger partial charge in [0, 0.05) is 28.2 Å². The van der Waals surface area contributed by atoms with Crippen molar-refractivity contribution < 1.29 is 27.4 Å². The summed E-state index contributed by atoms with van der Waals surface area (Å²) in [5.74, 6) is -3.86. The SMILES string of the molecule is O=C(CS(=O)CC(=O)N(CC(=O)NC1CCCCC1)c1ccc(F)c(Cl)c1)Nc1ccc(F)cc1. The molecule has 2 aromatic rings. The van der Waals surface area contributed by atoms with Crippen molar-refractivity contribution in [3.63, 3.8) is 0 Å². The number of amides is 3. The van der Waals surface area contributed by atoms with Crippen LogP contribution >= 0.6 is 11.6 Å². The Kier molecular flexibility index (Phi) is 9.73. The van der Waals surface area contributed by atoms with Gasteiger partial charge in [-0.15, -0.1) is 0 Å². The maximum Gasteiger partial charge on any atom is 0.240 e. The van der Waals surface area contributed by atoms with Crippen LogP contribution in [0.25, 0.3) is 0 Å². The third-order valence-electron chi connectivity index (χ3n) is 5.49. The van der Waals surface area contributed by atoms with Crippen molar-refractivity contribution in [2.24, 2.45) is 0 Å². The van der Waals surface area contributed by atoms with Crippen molar-refractivity contribution >= 4 is 51.5 Å². The number of hydrogen-bond acceptors (Lipinski definition) is 4. The number of nitrogens with one attached hydrogen (secondary N) is 2. The first-order valence-electron chi connectivity index (χ1n) is 11.2. The van der Waals surface area contributed by atoms with Gasteiger partial charge in [0.15, 0.2) is 0 Å². The van der Waals surface area contributed by atoms with Gasteiger partial charge in [0.2, 0.25) is 17.7 Å². The molecule has 2 N–H and O–H groups in total. The van der Waals surface area contributed by atoms with E-state index in [1.165, 1.54) is 36.4 Å². The molecule has 188 valence electrons. The van der Waals surface area contributed by atoms with Gasteiger partial charge < -0.3 is 15.5 Å². The van der Waals surface area contributed by atoms with Crippen LogP contribution in [-0.4, -0.2) is 46.0 Å². The quantitative estimate of drug-likeness (QED) is 0.521. The molecule has 0 bridgehead atoms. The predicted molar refractivity (Wildman–Crippen MR) is 132 cm³/mol. The van der Waals surface area contributed by atoms with Crippen molar-refractivity contribution in [2.45, 2.75) is 38.1 Å². The Morgan fingerprint density at radius 1 is 0.971 bits per heavy atom. The number of nitrogens with zero attached hydrogens (tertiary/aromatic N) is 1. The van der Waals surface area contributed by atoms with Gasteiger partial charge in [-0.2, -0.15) is 0 Å². The summed E-state index contributed by atoms with van der Waals surface area (Å²) in [4.78, 5) is 38.9. The van der Waals surface area contributed by atoms with Crippen molar-refractivity contribution in [1.29, 1.82) is 0 Å². The highest BCUT2D eigenvalue weighted by atomic mass is 35.5. The molecule has 11 heteroatoms. The van der Waals surface area contributed by atoms with Crippen LogP contribution in [0.4, 0.5) is 20.2 Å². The van der Waals surface area contributed by atoms with Crippen LogP contribution in [0.3, 0.4) is 0 Å². The number of rotatable bonds is 9. The summed E-state index contributed by atoms with van der Waals surface area (Å²) in [5, 5.41) is 5.16. The molecule has 0 aromatic heterocycles. The number of hydrogen-bond donors (Lipinski definition) is 2. The van der Waals surface area contributed by atoms with Crippen LogP contribution in [0, 0.1) is 11.6 Å². The third kappa shape index (κ3) is 8.40. The molecular formula is C24H26ClF2N3O4S. The highest BCUT2D eigenvalue weighted by molar-refractivity contribution is 7.86. The average molecular weight is 526 g/mol. The maximum absolute atomic E-state index is 13.7. The molecule has 0 spiro atoms. The second-order valence-electron chi connectivity index (χ2n) is 8.26. The summed E-state index contributed by atoms with van der Waals surface area (Å²) in [6, 6.07) is 8.65. The van der Waals surface area contributed by atoms with Gasteiger partial charge in [-0.05, 0) is 55.3 Å². The van der Waals surface area contributed by atoms with Crippen LogP contribution in [-0.2, 0) is 25.2 Å². The first-order chi connectivity index (χ1) is 16.7. The van der Waals surface area contributed by atoms with Gasteiger partial charge in [-0.25, -0.2) is 8.78 Å². The average Bonchev–Trinajstić information content (AvgIpc) is 2.81. The number of carbonyl (C=O) groups excluding carboxylic acids is 3. The van der Waals surface area contributed by atoms with Crippen LogP contribution in [0.15, 0.2) is 42.5 Å². The molecule has 1 fully saturated rings. The molecule has 0 radical (unpaired) electrons. The fourth-order valence-corrected chi connectivity index (χ4v) is 4.86. The molecule has 35 heavy (non-hydrogen) atoms. The number of carbonyl (C=O) groups is 3. The lowest BCUT2D eigenvalue weighted by Gasteiger charge is -2.26. The monoisotopic (exact) mass is 525 g/mol. The van der Waals surface area contributed by atoms with E-state index in [1.807, 2.05) is 0 Å². The van der Waals surface area contributed by atoms with E-state index < -0.39 is 51.7 Å². The van der Waals surface area contributed by atoms with E-state index in [4.69, 9.17) is 11.6 Å². The summed E-state index contributed by atoms with van der Waals surface area (Å²) in [5.41, 5.74) is 0.495. The molecular weight excluding hydrogens is 500 g/mol. The largest absolute Gasteiger partial charge is 0.352 e. The molecule has 1 aliphatic rings. The van der Waals surface area contributed by atoms with E-state index in [2.05, 4.69) is 10.6 Å². The fourth-order valence-electron chi connectivity index (χ4n) is 3.78. The van der Waals surface area contributed by atoms with Crippen LogP contribution in [0.2, 0.25) is 5.02 Å². The molecule has 1 aliphatic carbocycles. The summed E-state index contributed by atoms with van der Waals surface area (Å²) in [7, 11) is -1.90. The Hall–Kier alpha value is -2.85. The Morgan fingerprint density at radius 3 is 2.31 bits per heavy atom. The standard InChI is InChI=1S/C24H26ClF2N3O4S/c25-20-12-19(10-11-21(20)27)30(13-22(31)28-17-4-2-1-3-5-17)24(33)15-35(34)14-23(32)29-18-8-6-16(26)7-9-18/h6-12,17H,1-5,13-15H2,(H,28,31)(H,29,32). The molecule has 0 aliphatic heterocycles. The number of halogens is 3. The van der Waals surface area contributed by atoms with E-state index in [9.17, 15) is 27.4 Å². The van der Waals surface area contributed by atoms with Gasteiger partial charge in [-0.3, -0.25) is 18.6 Å². The van der Waals surface area contributed by atoms with Gasteiger partial charge >= 0.3 is 0 Å². The minimum absolute atomic E-state index is 0.0225. The summed E-state index contributed by atoms with van der Waals surface area (Å²) < 4.78 is 39.2. The van der Waals surface area contributed by atoms with Crippen molar-refractivity contribution in [3.8, 4) is 0 Å². The molecule has 1 unspecified atom stereocenters. The zero-order chi connectivity index (χ0) is 25.4. The van der Waals surface area contributed by atoms with Gasteiger partial charge in [0.25, 0.3) is 0 Å². The van der Waals surface area contributed by atoms with Crippen molar-refractivity contribution in [1.82, 2.24) is 5.32 Å². The lowest BCUT2D eigenvalue weighted by Crippen LogP contribution is -2.46. The van der Waals surface area contributed by atoms with Gasteiger partial charge in [0.1, 0.15) is 29.7 Å². The lowest BCUT2D eigenvalue weighted by atomic mass is 9.95. The highest BCUT2D eigenvalue weighted by Crippen LogP contribution is 2.23. The minimum Gasteiger partial charge on any atom is -0.352 e. The normalized spacial score (nSPS) is 14.7. The van der Waals surface area contributed by atoms with Crippen LogP contribution in [0.1, 0.15) is 32.1 Å². The number of anilines is 2. The summed E-state index contributed by atoms with van der Waals surface area (Å²) in [6.45, 7) is -0.365. The van der Waals surface area contributed by atoms with Crippen LogP contribution < -0.4 is 15.5 Å². The zero-order valence-corrected chi connectivity index (χ0v) is 20.5. The maximum atomic E-state index is 13.7. The fraction of sp³-hybridized carbons (Fsp3) is 0.375. The highest BCUT2D eigenvalue weighted by Gasteiger charge is 2.24. The first kappa shape index (κ1) is 26.7. The predicted octanol–water partition coefficient (Wildman–Crippen LogP) is 3.79. The molecule has 1 atom stereocenters. The second kappa shape index (κ2) is 12.7. The molecule has 0 heterocycles. The third-order valence-corrected chi connectivity index (χ3v) is 6.94. The first-order valence-corrected chi connectivity index (χ1v) is 13.0. The molecule has 3 rings (SSSR count). The van der Waals surface area contributed by atoms with E-state index in [-0.39, 0.29) is 23.3 Å². The molecule has 2 aromatic carbocycles. The van der Waals surface area contributed by atoms with E-state index in [1.54, 1.807) is 0 Å². The topological polar surface area (TPSA) is 95.6 Å². The molecule has 7 nitrogen and oxygen atoms in total. The molecule has 3 amide bonds. The summed E-state index contributed by atoms with van der Waals surface area (Å²) >= 11 is 5.87. The Balaban J connectivity index is 1.64. The molecule has 1 saturated carbocycles. The second-order valence-corrected chi connectivity index (χ2v) is 10.1. The Bertz CT molecular complexity index is 1090. The van der Waals surface area contributed by atoms with E-state index in [0.29, 0.717) is 5.69 Å². The summed E-state index contributed by atoms with van der Waals surface area (Å²) in [6.07, 6.45) is 4.86. The Labute approximate surface area is 209 Å². The minimum atomic E-state index is -1.90. The molecule has 0 saturated heterocycles. The Morgan fingerprint density at radius 2 is 1.66 bits per heavy atom. The van der Waals surface area contributed by atoms with E-state index >= 15 is 0 Å².